The average molecular weight is 406 g/mol. The smallest absolute Gasteiger partial charge is 0.263 e. The lowest BCUT2D eigenvalue weighted by Gasteiger charge is -2.19. The molecular weight excluding hydrogens is 378 g/mol. The van der Waals surface area contributed by atoms with Gasteiger partial charge in [0.1, 0.15) is 11.6 Å². The minimum Gasteiger partial charge on any atom is -0.484 e. The number of carbonyl (C=O) groups is 1. The van der Waals surface area contributed by atoms with Crippen LogP contribution in [0.3, 0.4) is 0 Å². The first kappa shape index (κ1) is 20.4. The quantitative estimate of drug-likeness (QED) is 0.826. The molecule has 3 rings (SSSR count). The minimum atomic E-state index is -3.04. The highest BCUT2D eigenvalue weighted by Crippen LogP contribution is 2.27. The number of aromatic nitrogens is 2. The minimum absolute atomic E-state index is 0.0492. The van der Waals surface area contributed by atoms with Crippen molar-refractivity contribution in [1.29, 1.82) is 0 Å². The second-order valence-electron chi connectivity index (χ2n) is 8.28. The van der Waals surface area contributed by atoms with Gasteiger partial charge in [0.25, 0.3) is 5.91 Å². The molecule has 0 bridgehead atoms. The molecule has 1 aliphatic heterocycles. The van der Waals surface area contributed by atoms with Gasteiger partial charge in [-0.05, 0) is 36.5 Å². The fourth-order valence-corrected chi connectivity index (χ4v) is 4.93. The first-order chi connectivity index (χ1) is 13.0. The molecule has 1 N–H and O–H groups in total. The van der Waals surface area contributed by atoms with Gasteiger partial charge in [-0.15, -0.1) is 0 Å². The molecule has 1 atom stereocenters. The number of hydrogen-bond acceptors (Lipinski definition) is 5. The van der Waals surface area contributed by atoms with Crippen LogP contribution in [0.1, 0.15) is 44.5 Å². The molecule has 152 valence electrons. The zero-order valence-corrected chi connectivity index (χ0v) is 17.5. The van der Waals surface area contributed by atoms with E-state index in [2.05, 4.69) is 31.2 Å². The summed E-state index contributed by atoms with van der Waals surface area (Å²) >= 11 is 0. The molecule has 28 heavy (non-hydrogen) atoms. The van der Waals surface area contributed by atoms with Crippen LogP contribution in [-0.2, 0) is 20.0 Å². The number of sulfone groups is 1. The van der Waals surface area contributed by atoms with Crippen molar-refractivity contribution < 1.29 is 17.9 Å². The lowest BCUT2D eigenvalue weighted by molar-refractivity contribution is -0.118. The van der Waals surface area contributed by atoms with Crippen molar-refractivity contribution in [2.75, 3.05) is 23.4 Å². The maximum absolute atomic E-state index is 12.3. The van der Waals surface area contributed by atoms with Gasteiger partial charge in [0.05, 0.1) is 23.2 Å². The highest BCUT2D eigenvalue weighted by Gasteiger charge is 2.31. The zero-order chi connectivity index (χ0) is 20.5. The van der Waals surface area contributed by atoms with Gasteiger partial charge in [-0.3, -0.25) is 4.79 Å². The fourth-order valence-electron chi connectivity index (χ4n) is 3.24. The van der Waals surface area contributed by atoms with Crippen LogP contribution in [0, 0.1) is 6.92 Å². The first-order valence-corrected chi connectivity index (χ1v) is 11.2. The summed E-state index contributed by atoms with van der Waals surface area (Å²) in [5, 5.41) is 7.14. The summed E-state index contributed by atoms with van der Waals surface area (Å²) in [5.41, 5.74) is 1.97. The molecule has 0 saturated carbocycles. The number of rotatable bonds is 5. The molecule has 0 radical (unpaired) electrons. The Morgan fingerprint density at radius 3 is 2.54 bits per heavy atom. The van der Waals surface area contributed by atoms with E-state index in [0.29, 0.717) is 18.0 Å². The third-order valence-corrected chi connectivity index (χ3v) is 6.52. The summed E-state index contributed by atoms with van der Waals surface area (Å²) < 4.78 is 30.7. The Morgan fingerprint density at radius 1 is 1.29 bits per heavy atom. The molecule has 1 fully saturated rings. The Morgan fingerprint density at radius 2 is 1.96 bits per heavy atom. The van der Waals surface area contributed by atoms with Gasteiger partial charge in [0.15, 0.2) is 16.4 Å². The fraction of sp³-hybridized carbons (Fsp3) is 0.500. The molecule has 1 aliphatic rings. The second-order valence-corrected chi connectivity index (χ2v) is 10.5. The third-order valence-electron chi connectivity index (χ3n) is 4.77. The van der Waals surface area contributed by atoms with E-state index >= 15 is 0 Å². The average Bonchev–Trinajstić information content (AvgIpc) is 3.14. The molecule has 0 aliphatic carbocycles. The second kappa shape index (κ2) is 7.58. The van der Waals surface area contributed by atoms with Crippen LogP contribution < -0.4 is 10.1 Å². The van der Waals surface area contributed by atoms with Crippen LogP contribution in [0.2, 0.25) is 0 Å². The number of nitrogens with zero attached hydrogens (tertiary/aromatic N) is 2. The highest BCUT2D eigenvalue weighted by atomic mass is 32.2. The molecule has 2 heterocycles. The van der Waals surface area contributed by atoms with Gasteiger partial charge in [0, 0.05) is 6.07 Å². The maximum Gasteiger partial charge on any atom is 0.263 e. The van der Waals surface area contributed by atoms with E-state index in [1.807, 2.05) is 31.2 Å². The van der Waals surface area contributed by atoms with Crippen molar-refractivity contribution in [3.63, 3.8) is 0 Å². The van der Waals surface area contributed by atoms with Crippen LogP contribution in [0.25, 0.3) is 0 Å². The number of anilines is 1. The van der Waals surface area contributed by atoms with Crippen LogP contribution in [0.4, 0.5) is 5.82 Å². The number of aryl methyl sites for hydroxylation is 1. The summed E-state index contributed by atoms with van der Waals surface area (Å²) in [6.07, 6.45) is 0.503. The topological polar surface area (TPSA) is 90.3 Å². The van der Waals surface area contributed by atoms with Crippen LogP contribution in [0.15, 0.2) is 30.3 Å². The molecule has 7 nitrogen and oxygen atoms in total. The Balaban J connectivity index is 1.61. The molecule has 1 aromatic carbocycles. The lowest BCUT2D eigenvalue weighted by atomic mass is 9.87. The predicted molar refractivity (Wildman–Crippen MR) is 109 cm³/mol. The van der Waals surface area contributed by atoms with Crippen molar-refractivity contribution >= 4 is 21.6 Å². The highest BCUT2D eigenvalue weighted by molar-refractivity contribution is 7.91. The van der Waals surface area contributed by atoms with Gasteiger partial charge >= 0.3 is 0 Å². The zero-order valence-electron chi connectivity index (χ0n) is 16.7. The SMILES string of the molecule is Cc1cc(NC(=O)COc2ccc(C(C)(C)C)cc2)n(C2CCS(=O)(=O)C2)n1. The molecule has 0 spiro atoms. The van der Waals surface area contributed by atoms with Crippen molar-refractivity contribution in [1.82, 2.24) is 9.78 Å². The van der Waals surface area contributed by atoms with E-state index < -0.39 is 9.84 Å². The number of carbonyl (C=O) groups excluding carboxylic acids is 1. The van der Waals surface area contributed by atoms with Gasteiger partial charge in [0.2, 0.25) is 0 Å². The summed E-state index contributed by atoms with van der Waals surface area (Å²) in [5.74, 6) is 0.999. The molecule has 2 aromatic rings. The van der Waals surface area contributed by atoms with Crippen LogP contribution in [-0.4, -0.2) is 42.2 Å². The predicted octanol–water partition coefficient (Wildman–Crippen LogP) is 2.87. The lowest BCUT2D eigenvalue weighted by Crippen LogP contribution is -2.23. The van der Waals surface area contributed by atoms with Gasteiger partial charge < -0.3 is 10.1 Å². The Labute approximate surface area is 166 Å². The van der Waals surface area contributed by atoms with Gasteiger partial charge in [-0.2, -0.15) is 5.10 Å². The molecule has 1 saturated heterocycles. The van der Waals surface area contributed by atoms with Crippen molar-refractivity contribution in [2.45, 2.75) is 45.6 Å². The van der Waals surface area contributed by atoms with E-state index in [1.165, 1.54) is 5.56 Å². The summed E-state index contributed by atoms with van der Waals surface area (Å²) in [7, 11) is -3.04. The number of nitrogens with one attached hydrogen (secondary N) is 1. The normalized spacial score (nSPS) is 18.8. The molecule has 1 aromatic heterocycles. The monoisotopic (exact) mass is 405 g/mol. The number of ether oxygens (including phenoxy) is 1. The molecular formula is C20H27N3O4S. The maximum atomic E-state index is 12.3. The van der Waals surface area contributed by atoms with Crippen LogP contribution >= 0.6 is 0 Å². The van der Waals surface area contributed by atoms with Crippen molar-refractivity contribution in [2.24, 2.45) is 0 Å². The number of hydrogen-bond donors (Lipinski definition) is 1. The van der Waals surface area contributed by atoms with Crippen molar-refractivity contribution in [3.05, 3.63) is 41.6 Å². The summed E-state index contributed by atoms with van der Waals surface area (Å²) in [6, 6.07) is 9.18. The standard InChI is InChI=1S/C20H27N3O4S/c1-14-11-18(23(22-14)16-9-10-28(25,26)13-16)21-19(24)12-27-17-7-5-15(6-8-17)20(2,3)4/h5-8,11,16H,9-10,12-13H2,1-4H3,(H,21,24). The van der Waals surface area contributed by atoms with Crippen molar-refractivity contribution in [3.8, 4) is 5.75 Å². The Kier molecular flexibility index (Phi) is 5.52. The molecule has 8 heteroatoms. The largest absolute Gasteiger partial charge is 0.484 e. The number of benzene rings is 1. The third kappa shape index (κ3) is 4.92. The van der Waals surface area contributed by atoms with E-state index in [4.69, 9.17) is 4.74 Å². The van der Waals surface area contributed by atoms with Gasteiger partial charge in [-0.25, -0.2) is 13.1 Å². The van der Waals surface area contributed by atoms with E-state index in [9.17, 15) is 13.2 Å². The van der Waals surface area contributed by atoms with E-state index in [0.717, 1.165) is 5.69 Å². The van der Waals surface area contributed by atoms with Crippen LogP contribution in [0.5, 0.6) is 5.75 Å². The first-order valence-electron chi connectivity index (χ1n) is 9.33. The summed E-state index contributed by atoms with van der Waals surface area (Å²) in [6.45, 7) is 8.08. The molecule has 1 unspecified atom stereocenters. The van der Waals surface area contributed by atoms with Gasteiger partial charge in [-0.1, -0.05) is 32.9 Å². The summed E-state index contributed by atoms with van der Waals surface area (Å²) in [4.78, 5) is 12.3. The number of amides is 1. The Hall–Kier alpha value is -2.35. The Bertz CT molecular complexity index is 956. The van der Waals surface area contributed by atoms with E-state index in [-0.39, 0.29) is 35.5 Å². The van der Waals surface area contributed by atoms with E-state index in [1.54, 1.807) is 10.7 Å². The molecule has 1 amide bonds.